The molecule has 1 fully saturated rings. The second-order valence-corrected chi connectivity index (χ2v) is 19.7. The highest BCUT2D eigenvalue weighted by atomic mass is 31.2. The minimum absolute atomic E-state index is 0.0837. The second-order valence-electron chi connectivity index (χ2n) is 18.3. The summed E-state index contributed by atoms with van der Waals surface area (Å²) < 4.78 is 34.3. The first kappa shape index (κ1) is 63.1. The van der Waals surface area contributed by atoms with E-state index < -0.39 is 63.1 Å². The third-order valence-corrected chi connectivity index (χ3v) is 13.1. The fourth-order valence-corrected chi connectivity index (χ4v) is 8.90. The van der Waals surface area contributed by atoms with E-state index >= 15 is 0 Å². The van der Waals surface area contributed by atoms with Crippen LogP contribution in [0.3, 0.4) is 0 Å². The molecule has 0 bridgehead atoms. The number of rotatable bonds is 45. The lowest BCUT2D eigenvalue weighted by Gasteiger charge is -2.41. The summed E-state index contributed by atoms with van der Waals surface area (Å²) >= 11 is 0. The molecule has 1 saturated carbocycles. The summed E-state index contributed by atoms with van der Waals surface area (Å²) in [7, 11) is -5.03. The van der Waals surface area contributed by atoms with E-state index in [9.17, 15) is 39.8 Å². The SMILES string of the molecule is CC/C=C\C/C=C\C/C=C\C/C=C\CCCCCCCCCCCCC(=O)OC(COCCCCCCCC/C=C\CCCCCCCCC)COP(=O)(O)OC1C(O)C(O)C(O)C(O)C1O. The highest BCUT2D eigenvalue weighted by molar-refractivity contribution is 7.47. The molecular formula is C54H97O12P. The molecule has 0 radical (unpaired) electrons. The molecular weight excluding hydrogens is 872 g/mol. The van der Waals surface area contributed by atoms with Gasteiger partial charge in [-0.05, 0) is 77.0 Å². The Kier molecular flexibility index (Phi) is 41.4. The number of carbonyl (C=O) groups excluding carboxylic acids is 1. The van der Waals surface area contributed by atoms with E-state index in [0.29, 0.717) is 13.0 Å². The highest BCUT2D eigenvalue weighted by Gasteiger charge is 2.51. The molecule has 67 heavy (non-hydrogen) atoms. The summed E-state index contributed by atoms with van der Waals surface area (Å²) in [6.45, 7) is 4.15. The van der Waals surface area contributed by atoms with Gasteiger partial charge in [0.2, 0.25) is 0 Å². The van der Waals surface area contributed by atoms with Crippen LogP contribution in [0, 0.1) is 0 Å². The molecule has 0 saturated heterocycles. The third kappa shape index (κ3) is 35.7. The Balaban J connectivity index is 2.32. The van der Waals surface area contributed by atoms with Crippen LogP contribution in [-0.2, 0) is 27.9 Å². The van der Waals surface area contributed by atoms with Crippen LogP contribution in [0.4, 0.5) is 0 Å². The van der Waals surface area contributed by atoms with Gasteiger partial charge < -0.3 is 39.9 Å². The van der Waals surface area contributed by atoms with Crippen molar-refractivity contribution >= 4 is 13.8 Å². The minimum atomic E-state index is -5.03. The van der Waals surface area contributed by atoms with Crippen LogP contribution in [0.1, 0.15) is 213 Å². The van der Waals surface area contributed by atoms with Crippen LogP contribution >= 0.6 is 7.82 Å². The molecule has 1 rings (SSSR count). The van der Waals surface area contributed by atoms with Crippen LogP contribution in [0.25, 0.3) is 0 Å². The van der Waals surface area contributed by atoms with Gasteiger partial charge in [-0.25, -0.2) is 4.57 Å². The van der Waals surface area contributed by atoms with Gasteiger partial charge in [0.05, 0.1) is 13.2 Å². The van der Waals surface area contributed by atoms with Crippen LogP contribution < -0.4 is 0 Å². The van der Waals surface area contributed by atoms with Crippen molar-refractivity contribution < 1.29 is 58.3 Å². The van der Waals surface area contributed by atoms with Crippen LogP contribution in [0.2, 0.25) is 0 Å². The number of hydrogen-bond donors (Lipinski definition) is 6. The van der Waals surface area contributed by atoms with Gasteiger partial charge in [-0.1, -0.05) is 190 Å². The van der Waals surface area contributed by atoms with E-state index in [2.05, 4.69) is 74.6 Å². The molecule has 6 unspecified atom stereocenters. The van der Waals surface area contributed by atoms with Gasteiger partial charge in [0.15, 0.2) is 0 Å². The van der Waals surface area contributed by atoms with Crippen molar-refractivity contribution in [2.24, 2.45) is 0 Å². The van der Waals surface area contributed by atoms with Crippen LogP contribution in [0.15, 0.2) is 60.8 Å². The van der Waals surface area contributed by atoms with Crippen molar-refractivity contribution in [2.45, 2.75) is 256 Å². The van der Waals surface area contributed by atoms with Crippen molar-refractivity contribution in [3.8, 4) is 0 Å². The Labute approximate surface area is 407 Å². The summed E-state index contributed by atoms with van der Waals surface area (Å²) in [6.07, 6.45) is 44.2. The Morgan fingerprint density at radius 3 is 1.36 bits per heavy atom. The molecule has 0 amide bonds. The fourth-order valence-electron chi connectivity index (χ4n) is 7.93. The topological polar surface area (TPSA) is 192 Å². The van der Waals surface area contributed by atoms with E-state index in [0.717, 1.165) is 83.5 Å². The third-order valence-electron chi connectivity index (χ3n) is 12.1. The standard InChI is InChI=1S/C54H97O12P/c1-3-5-7-9-11-13-15-17-19-21-22-23-24-25-26-27-29-31-33-35-37-39-41-43-48(55)65-47(46-64-67(61,62)66-54-52(59)50(57)49(56)51(58)53(54)60)45-63-44-42-40-38-36-34-32-30-28-20-18-16-14-12-10-8-6-4-2/h5,7,11,13,17,19-20,22-23,28,47,49-54,56-60H,3-4,6,8-10,12,14-16,18,21,24-27,29-46H2,1-2H3,(H,61,62)/b7-5-,13-11-,19-17-,23-22-,28-20-. The number of phosphoric acid groups is 1. The summed E-state index contributed by atoms with van der Waals surface area (Å²) in [5, 5.41) is 50.3. The number of ether oxygens (including phenoxy) is 2. The molecule has 6 atom stereocenters. The first-order valence-corrected chi connectivity index (χ1v) is 28.1. The first-order valence-electron chi connectivity index (χ1n) is 26.6. The van der Waals surface area contributed by atoms with E-state index in [-0.39, 0.29) is 13.0 Å². The van der Waals surface area contributed by atoms with Crippen LogP contribution in [0.5, 0.6) is 0 Å². The van der Waals surface area contributed by atoms with Gasteiger partial charge in [-0.3, -0.25) is 13.8 Å². The van der Waals surface area contributed by atoms with E-state index in [1.165, 1.54) is 103 Å². The zero-order valence-electron chi connectivity index (χ0n) is 41.9. The zero-order valence-corrected chi connectivity index (χ0v) is 42.8. The van der Waals surface area contributed by atoms with Crippen molar-refractivity contribution in [3.05, 3.63) is 60.8 Å². The number of unbranched alkanes of at least 4 members (excludes halogenated alkanes) is 23. The molecule has 13 heteroatoms. The Bertz CT molecular complexity index is 1340. The average Bonchev–Trinajstić information content (AvgIpc) is 3.31. The van der Waals surface area contributed by atoms with Gasteiger partial charge in [0, 0.05) is 13.0 Å². The molecule has 0 aromatic heterocycles. The Hall–Kier alpha value is -1.96. The summed E-state index contributed by atoms with van der Waals surface area (Å²) in [4.78, 5) is 23.3. The maximum atomic E-state index is 12.9. The fraction of sp³-hybridized carbons (Fsp3) is 0.796. The molecule has 0 spiro atoms. The smallest absolute Gasteiger partial charge is 0.457 e. The molecule has 0 aliphatic heterocycles. The number of allylic oxidation sites excluding steroid dienone is 10. The van der Waals surface area contributed by atoms with Crippen molar-refractivity contribution in [2.75, 3.05) is 19.8 Å². The van der Waals surface area contributed by atoms with Gasteiger partial charge >= 0.3 is 13.8 Å². The molecule has 390 valence electrons. The predicted molar refractivity (Wildman–Crippen MR) is 272 cm³/mol. The summed E-state index contributed by atoms with van der Waals surface area (Å²) in [6, 6.07) is 0. The maximum absolute atomic E-state index is 12.9. The lowest BCUT2D eigenvalue weighted by Crippen LogP contribution is -2.64. The van der Waals surface area contributed by atoms with E-state index in [1.54, 1.807) is 0 Å². The Morgan fingerprint density at radius 2 is 0.881 bits per heavy atom. The van der Waals surface area contributed by atoms with Crippen molar-refractivity contribution in [1.29, 1.82) is 0 Å². The van der Waals surface area contributed by atoms with Gasteiger partial charge in [0.25, 0.3) is 0 Å². The number of hydrogen-bond acceptors (Lipinski definition) is 11. The quantitative estimate of drug-likeness (QED) is 0.0147. The average molecular weight is 969 g/mol. The van der Waals surface area contributed by atoms with E-state index in [4.69, 9.17) is 18.5 Å². The first-order chi connectivity index (χ1) is 32.5. The van der Waals surface area contributed by atoms with Crippen molar-refractivity contribution in [1.82, 2.24) is 0 Å². The van der Waals surface area contributed by atoms with Gasteiger partial charge in [-0.2, -0.15) is 0 Å². The number of aliphatic hydroxyl groups is 5. The predicted octanol–water partition coefficient (Wildman–Crippen LogP) is 12.1. The number of esters is 1. The molecule has 0 heterocycles. The van der Waals surface area contributed by atoms with E-state index in [1.807, 2.05) is 0 Å². The normalized spacial score (nSPS) is 21.7. The lowest BCUT2D eigenvalue weighted by molar-refractivity contribution is -0.220. The molecule has 1 aliphatic rings. The zero-order chi connectivity index (χ0) is 49.1. The lowest BCUT2D eigenvalue weighted by atomic mass is 9.85. The van der Waals surface area contributed by atoms with Crippen molar-refractivity contribution in [3.63, 3.8) is 0 Å². The molecule has 1 aliphatic carbocycles. The second kappa shape index (κ2) is 44.0. The van der Waals surface area contributed by atoms with Gasteiger partial charge in [-0.15, -0.1) is 0 Å². The highest BCUT2D eigenvalue weighted by Crippen LogP contribution is 2.47. The molecule has 6 N–H and O–H groups in total. The van der Waals surface area contributed by atoms with Crippen LogP contribution in [-0.4, -0.2) is 98.9 Å². The minimum Gasteiger partial charge on any atom is -0.457 e. The number of carbonyl (C=O) groups is 1. The molecule has 12 nitrogen and oxygen atoms in total. The maximum Gasteiger partial charge on any atom is 0.472 e. The monoisotopic (exact) mass is 969 g/mol. The largest absolute Gasteiger partial charge is 0.472 e. The summed E-state index contributed by atoms with van der Waals surface area (Å²) in [5.41, 5.74) is 0. The Morgan fingerprint density at radius 1 is 0.493 bits per heavy atom. The summed E-state index contributed by atoms with van der Waals surface area (Å²) in [5.74, 6) is -0.484. The molecule has 0 aromatic carbocycles. The van der Waals surface area contributed by atoms with Gasteiger partial charge in [0.1, 0.15) is 42.7 Å². The molecule has 0 aromatic rings. The number of phosphoric ester groups is 1. The number of aliphatic hydroxyl groups excluding tert-OH is 5.